The number of nitrogens with zero attached hydrogens (tertiary/aromatic N) is 2. The summed E-state index contributed by atoms with van der Waals surface area (Å²) in [7, 11) is 2.88. The Morgan fingerprint density at radius 1 is 0.311 bits per heavy atom. The number of carbonyl (C=O) groups excluding carboxylic acids is 10. The topological polar surface area (TPSA) is 597 Å². The molecule has 0 aromatic heterocycles. The molecule has 2 rings (SSSR count). The number of ether oxygens (including phenoxy) is 2. The number of benzene rings is 2. The zero-order valence-electron chi connectivity index (χ0n) is 66.8. The molecule has 2 aromatic rings. The zero-order valence-corrected chi connectivity index (χ0v) is 75.0. The quantitative estimate of drug-likeness (QED) is 0.232. The van der Waals surface area contributed by atoms with E-state index in [-0.39, 0.29) is 204 Å². The van der Waals surface area contributed by atoms with Crippen LogP contribution in [0.4, 0.5) is 0 Å². The molecule has 0 atom stereocenters. The zero-order chi connectivity index (χ0) is 81.6. The minimum atomic E-state index is -1.01. The van der Waals surface area contributed by atoms with E-state index in [1.165, 1.54) is 26.6 Å². The van der Waals surface area contributed by atoms with E-state index in [1.54, 1.807) is 244 Å². The van der Waals surface area contributed by atoms with E-state index in [0.717, 1.165) is 0 Å². The second-order valence-corrected chi connectivity index (χ2v) is 30.6. The summed E-state index contributed by atoms with van der Waals surface area (Å²) in [6.07, 6.45) is 2.81. The number of aliphatic imine (C=N–C) groups is 2. The van der Waals surface area contributed by atoms with Crippen LogP contribution in [0.5, 0.6) is 23.0 Å². The number of hydrogen-bond donors (Lipinski definition) is 0. The molecule has 0 bridgehead atoms. The Labute approximate surface area is 731 Å². The van der Waals surface area contributed by atoms with E-state index in [0.29, 0.717) is 11.1 Å². The van der Waals surface area contributed by atoms with Crippen LogP contribution in [0.15, 0.2) is 46.4 Å². The van der Waals surface area contributed by atoms with Crippen molar-refractivity contribution in [1.29, 1.82) is 0 Å². The molecule has 0 fully saturated rings. The van der Waals surface area contributed by atoms with Crippen LogP contribution in [-0.4, -0.2) is 124 Å². The minimum absolute atomic E-state index is 0. The Kier molecular flexibility index (Phi) is 97.7. The fourth-order valence-electron chi connectivity index (χ4n) is 2.02. The molecule has 4 radical (unpaired) electrons. The van der Waals surface area contributed by atoms with Gasteiger partial charge in [0.25, 0.3) is 0 Å². The van der Waals surface area contributed by atoms with Crippen LogP contribution < -0.4 is 81.0 Å². The summed E-state index contributed by atoms with van der Waals surface area (Å²) in [5.41, 5.74) is -6.06. The first-order chi connectivity index (χ1) is 43.0. The summed E-state index contributed by atoms with van der Waals surface area (Å²) in [5, 5.41) is 142. The second kappa shape index (κ2) is 70.2. The molecule has 30 nitrogen and oxygen atoms in total. The fourth-order valence-corrected chi connectivity index (χ4v) is 2.02. The number of carboxylic acid groups (broad SMARTS) is 10. The molecule has 628 valence electrons. The van der Waals surface area contributed by atoms with Gasteiger partial charge >= 0.3 is 143 Å². The third-order valence-electron chi connectivity index (χ3n) is 9.48. The minimum Gasteiger partial charge on any atom is -0.870 e. The van der Waals surface area contributed by atoms with Crippen molar-refractivity contribution in [2.24, 2.45) is 64.1 Å². The maximum Gasteiger partial charge on any atom is 3.00 e. The summed E-state index contributed by atoms with van der Waals surface area (Å²) >= 11 is 0. The van der Waals surface area contributed by atoms with Crippen molar-refractivity contribution in [1.82, 2.24) is 0 Å². The van der Waals surface area contributed by atoms with Gasteiger partial charge in [-0.15, -0.1) is 13.2 Å². The van der Waals surface area contributed by atoms with Crippen LogP contribution in [0.25, 0.3) is 0 Å². The molecule has 0 aliphatic carbocycles. The largest absolute Gasteiger partial charge is 3.00 e. The number of methoxy groups -OCH3 is 2. The molecule has 0 unspecified atom stereocenters. The molecule has 0 spiro atoms. The Balaban J connectivity index is -0.0000000501. The molecule has 106 heavy (non-hydrogen) atoms. The molecule has 0 aliphatic heterocycles. The summed E-state index contributed by atoms with van der Waals surface area (Å²) < 4.78 is 9.71. The SMILES string of the molecule is CC(C)(C)C(=O)[O-].CC(C)(C)C(=O)[O-].CC(C)(C)C(=O)[O-].CC(C)(C)C(=O)[O-].CC(C)(C)C(=O)[O-].CC(C)(C)C(=O)[O-].CC(C)(C)C(=O)[O-].CC(C)(C)C(=O)[O-].CC(C)(C)C(=O)[O-].CC(C)(C)C(=O)[O-].COc1cccc(C=NCC[O-])c1[O-].COc1cccc(C=NCC[O-])c1[O-].[Co+2].[Co+2].[Co+3].[Co+3].[Dy+3].[Dy+3].[OH-].[OH-]. The van der Waals surface area contributed by atoms with Gasteiger partial charge in [-0.3, -0.25) is 9.98 Å². The molecule has 0 aliphatic rings. The molecular weight excluding hydrogens is 1880 g/mol. The first kappa shape index (κ1) is 148. The van der Waals surface area contributed by atoms with Crippen LogP contribution in [0.3, 0.4) is 0 Å². The molecular formula is C70H114Co4Dy2N2O28. The first-order valence-electron chi connectivity index (χ1n) is 30.0. The monoisotopic (exact) mass is 1990 g/mol. The van der Waals surface area contributed by atoms with Crippen LogP contribution in [0.2, 0.25) is 0 Å². The number of aliphatic carboxylic acids is 10. The van der Waals surface area contributed by atoms with Crippen molar-refractivity contribution in [2.45, 2.75) is 208 Å². The molecule has 0 amide bonds. The van der Waals surface area contributed by atoms with Crippen LogP contribution in [-0.2, 0) is 115 Å². The number of rotatable bonds is 8. The van der Waals surface area contributed by atoms with Crippen molar-refractivity contribution >= 4 is 72.1 Å². The van der Waals surface area contributed by atoms with Gasteiger partial charge in [-0.1, -0.05) is 243 Å². The fraction of sp³-hybridized carbons (Fsp3) is 0.657. The van der Waals surface area contributed by atoms with E-state index >= 15 is 0 Å². The summed E-state index contributed by atoms with van der Waals surface area (Å²) in [6, 6.07) is 9.87. The molecule has 2 aromatic carbocycles. The van der Waals surface area contributed by atoms with Crippen molar-refractivity contribution in [2.75, 3.05) is 40.5 Å². The Morgan fingerprint density at radius 2 is 0.425 bits per heavy atom. The molecule has 0 saturated heterocycles. The van der Waals surface area contributed by atoms with Gasteiger partial charge in [-0.25, -0.2) is 0 Å². The first-order valence-corrected chi connectivity index (χ1v) is 30.0. The summed E-state index contributed by atoms with van der Waals surface area (Å²) in [5.74, 6) is -9.90. The van der Waals surface area contributed by atoms with E-state index in [4.69, 9.17) is 9.47 Å². The van der Waals surface area contributed by atoms with Gasteiger partial charge in [0.1, 0.15) is 11.5 Å². The number of carbonyl (C=O) groups is 10. The van der Waals surface area contributed by atoms with Gasteiger partial charge in [0.2, 0.25) is 0 Å². The van der Waals surface area contributed by atoms with E-state index in [2.05, 4.69) is 9.98 Å². The van der Waals surface area contributed by atoms with Crippen molar-refractivity contribution in [3.63, 3.8) is 0 Å². The Bertz CT molecular complexity index is 2290. The van der Waals surface area contributed by atoms with E-state index in [9.17, 15) is 119 Å². The van der Waals surface area contributed by atoms with Gasteiger partial charge in [0.15, 0.2) is 0 Å². The summed E-state index contributed by atoms with van der Waals surface area (Å²) in [6.45, 7) is 47.8. The Hall–Kier alpha value is -3.91. The molecule has 36 heteroatoms. The maximum absolute atomic E-state index is 11.5. The number of hydrogen-bond acceptors (Lipinski definition) is 30. The number of carboxylic acids is 10. The van der Waals surface area contributed by atoms with Crippen molar-refractivity contribution < 1.29 is 283 Å². The van der Waals surface area contributed by atoms with Gasteiger partial charge in [0, 0.05) is 139 Å². The second-order valence-electron chi connectivity index (χ2n) is 30.6. The van der Waals surface area contributed by atoms with Crippen molar-refractivity contribution in [3.8, 4) is 23.0 Å². The van der Waals surface area contributed by atoms with Crippen LogP contribution in [0.1, 0.15) is 219 Å². The van der Waals surface area contributed by atoms with Gasteiger partial charge in [0.05, 0.1) is 14.2 Å². The third-order valence-corrected chi connectivity index (χ3v) is 9.48. The molecule has 0 heterocycles. The normalized spacial score (nSPS) is 10.3. The predicted octanol–water partition coefficient (Wildman–Crippen LogP) is -3.44. The van der Waals surface area contributed by atoms with Gasteiger partial charge in [-0.2, -0.15) is 0 Å². The average Bonchev–Trinajstić information content (AvgIpc) is 0.869. The predicted molar refractivity (Wildman–Crippen MR) is 348 cm³/mol. The van der Waals surface area contributed by atoms with Crippen LogP contribution >= 0.6 is 0 Å². The Morgan fingerprint density at radius 3 is 0.509 bits per heavy atom. The number of para-hydroxylation sites is 2. The smallest absolute Gasteiger partial charge is 0.870 e. The average molecular weight is 1990 g/mol. The van der Waals surface area contributed by atoms with E-state index in [1.807, 2.05) is 0 Å². The van der Waals surface area contributed by atoms with Crippen molar-refractivity contribution in [3.05, 3.63) is 47.5 Å². The standard InChI is InChI=1S/2C10H12NO3.10C5H10O2.4Co.2Dy.2H2O/c2*1-14-9-4-2-3-8(10(9)13)7-11-5-6-12;10*1-5(2,3)4(6)7;;;;;;;;/h2*2-4,7,13H,5-6H2,1H3;10*1-3H3,(H,6,7);;;;;;;2*1H2/q2*-1;;;;;;;;;;;2*+2;4*+3;;/p-14. The van der Waals surface area contributed by atoms with Crippen LogP contribution in [0, 0.1) is 130 Å². The maximum atomic E-state index is 11.5. The summed E-state index contributed by atoms with van der Waals surface area (Å²) in [4.78, 5) is 107. The van der Waals surface area contributed by atoms with E-state index < -0.39 is 114 Å². The third kappa shape index (κ3) is 102. The van der Waals surface area contributed by atoms with Gasteiger partial charge in [-0.05, 0) is 23.3 Å². The van der Waals surface area contributed by atoms with Gasteiger partial charge < -0.3 is 140 Å². The molecule has 0 saturated carbocycles. The molecule has 2 N–H and O–H groups in total.